The van der Waals surface area contributed by atoms with Gasteiger partial charge in [-0.25, -0.2) is 4.98 Å². The molecule has 3 N–H and O–H groups in total. The Morgan fingerprint density at radius 1 is 1.56 bits per heavy atom. The summed E-state index contributed by atoms with van der Waals surface area (Å²) in [7, 11) is 4.01. The van der Waals surface area contributed by atoms with Crippen molar-refractivity contribution < 1.29 is 9.94 Å². The SMILES string of the molecule is Cc1ccnc(OCCCN(C)C)c1/C(N)=N/O. The molecule has 1 rings (SSSR count). The van der Waals surface area contributed by atoms with Gasteiger partial charge in [0, 0.05) is 12.7 Å². The summed E-state index contributed by atoms with van der Waals surface area (Å²) in [5, 5.41) is 11.8. The molecule has 0 aliphatic heterocycles. The lowest BCUT2D eigenvalue weighted by molar-refractivity contribution is 0.272. The number of hydrogen-bond donors (Lipinski definition) is 2. The van der Waals surface area contributed by atoms with Gasteiger partial charge in [-0.15, -0.1) is 0 Å². The highest BCUT2D eigenvalue weighted by Crippen LogP contribution is 2.18. The van der Waals surface area contributed by atoms with E-state index in [2.05, 4.69) is 15.0 Å². The van der Waals surface area contributed by atoms with E-state index in [9.17, 15) is 0 Å². The lowest BCUT2D eigenvalue weighted by atomic mass is 10.1. The van der Waals surface area contributed by atoms with E-state index >= 15 is 0 Å². The van der Waals surface area contributed by atoms with E-state index in [1.54, 1.807) is 12.3 Å². The molecule has 0 radical (unpaired) electrons. The van der Waals surface area contributed by atoms with E-state index in [-0.39, 0.29) is 5.84 Å². The molecule has 0 fully saturated rings. The number of rotatable bonds is 6. The first-order chi connectivity index (χ1) is 8.56. The van der Waals surface area contributed by atoms with Crippen molar-refractivity contribution in [3.8, 4) is 5.88 Å². The Bertz CT molecular complexity index is 419. The van der Waals surface area contributed by atoms with Crippen LogP contribution in [0, 0.1) is 6.92 Å². The molecule has 0 unspecified atom stereocenters. The Balaban J connectivity index is 2.73. The van der Waals surface area contributed by atoms with E-state index in [1.165, 1.54) is 0 Å². The zero-order chi connectivity index (χ0) is 13.5. The summed E-state index contributed by atoms with van der Waals surface area (Å²) < 4.78 is 5.58. The average molecular weight is 252 g/mol. The van der Waals surface area contributed by atoms with Crippen LogP contribution in [0.15, 0.2) is 17.4 Å². The van der Waals surface area contributed by atoms with Crippen LogP contribution in [0.4, 0.5) is 0 Å². The summed E-state index contributed by atoms with van der Waals surface area (Å²) in [5.41, 5.74) is 7.03. The highest BCUT2D eigenvalue weighted by molar-refractivity contribution is 6.00. The van der Waals surface area contributed by atoms with Crippen LogP contribution < -0.4 is 10.5 Å². The number of pyridine rings is 1. The minimum atomic E-state index is 0.0169. The molecular formula is C12H20N4O2. The highest BCUT2D eigenvalue weighted by Gasteiger charge is 2.12. The van der Waals surface area contributed by atoms with Crippen molar-refractivity contribution in [2.24, 2.45) is 10.9 Å². The monoisotopic (exact) mass is 252 g/mol. The normalized spacial score (nSPS) is 11.9. The van der Waals surface area contributed by atoms with Gasteiger partial charge in [0.2, 0.25) is 5.88 Å². The molecule has 0 amide bonds. The third-order valence-electron chi connectivity index (χ3n) is 2.48. The lowest BCUT2D eigenvalue weighted by Gasteiger charge is -2.13. The Labute approximate surface area is 107 Å². The summed E-state index contributed by atoms with van der Waals surface area (Å²) in [6.45, 7) is 3.34. The Hall–Kier alpha value is -1.82. The van der Waals surface area contributed by atoms with Gasteiger partial charge in [0.1, 0.15) is 0 Å². The molecule has 0 aliphatic rings. The number of nitrogens with two attached hydrogens (primary N) is 1. The molecule has 0 bridgehead atoms. The van der Waals surface area contributed by atoms with Crippen molar-refractivity contribution >= 4 is 5.84 Å². The van der Waals surface area contributed by atoms with E-state index in [0.717, 1.165) is 18.5 Å². The molecule has 0 saturated heterocycles. The molecule has 0 saturated carbocycles. The number of aryl methyl sites for hydroxylation is 1. The fourth-order valence-corrected chi connectivity index (χ4v) is 1.55. The van der Waals surface area contributed by atoms with Crippen LogP contribution in [0.2, 0.25) is 0 Å². The summed E-state index contributed by atoms with van der Waals surface area (Å²) in [6, 6.07) is 1.79. The second kappa shape index (κ2) is 6.80. The zero-order valence-corrected chi connectivity index (χ0v) is 11.1. The quantitative estimate of drug-likeness (QED) is 0.257. The van der Waals surface area contributed by atoms with Crippen molar-refractivity contribution in [1.82, 2.24) is 9.88 Å². The van der Waals surface area contributed by atoms with Crippen LogP contribution in [0.1, 0.15) is 17.5 Å². The molecule has 0 spiro atoms. The van der Waals surface area contributed by atoms with Gasteiger partial charge in [-0.3, -0.25) is 0 Å². The Morgan fingerprint density at radius 2 is 2.28 bits per heavy atom. The van der Waals surface area contributed by atoms with Gasteiger partial charge in [0.25, 0.3) is 0 Å². The van der Waals surface area contributed by atoms with Crippen molar-refractivity contribution in [3.63, 3.8) is 0 Å². The lowest BCUT2D eigenvalue weighted by Crippen LogP contribution is -2.19. The summed E-state index contributed by atoms with van der Waals surface area (Å²) in [5.74, 6) is 0.423. The molecule has 0 atom stereocenters. The predicted molar refractivity (Wildman–Crippen MR) is 70.2 cm³/mol. The number of nitrogens with zero attached hydrogens (tertiary/aromatic N) is 3. The van der Waals surface area contributed by atoms with Crippen LogP contribution in [-0.4, -0.2) is 48.2 Å². The summed E-state index contributed by atoms with van der Waals surface area (Å²) >= 11 is 0. The Morgan fingerprint density at radius 3 is 2.89 bits per heavy atom. The average Bonchev–Trinajstić information content (AvgIpc) is 2.33. The van der Waals surface area contributed by atoms with Gasteiger partial charge in [0.15, 0.2) is 5.84 Å². The molecule has 18 heavy (non-hydrogen) atoms. The van der Waals surface area contributed by atoms with Crippen LogP contribution in [0.5, 0.6) is 5.88 Å². The van der Waals surface area contributed by atoms with E-state index in [4.69, 9.17) is 15.7 Å². The molecule has 100 valence electrons. The van der Waals surface area contributed by atoms with Crippen molar-refractivity contribution in [3.05, 3.63) is 23.4 Å². The zero-order valence-electron chi connectivity index (χ0n) is 11.1. The first-order valence-electron chi connectivity index (χ1n) is 5.77. The first-order valence-corrected chi connectivity index (χ1v) is 5.77. The van der Waals surface area contributed by atoms with Crippen LogP contribution in [0.3, 0.4) is 0 Å². The molecule has 0 aromatic carbocycles. The van der Waals surface area contributed by atoms with Gasteiger partial charge in [-0.1, -0.05) is 5.16 Å². The van der Waals surface area contributed by atoms with Crippen LogP contribution in [-0.2, 0) is 0 Å². The van der Waals surface area contributed by atoms with Gasteiger partial charge < -0.3 is 20.6 Å². The van der Waals surface area contributed by atoms with E-state index in [1.807, 2.05) is 21.0 Å². The smallest absolute Gasteiger partial charge is 0.224 e. The standard InChI is InChI=1S/C12H20N4O2/c1-9-5-6-14-12(10(9)11(13)15-17)18-8-4-7-16(2)3/h5-6,17H,4,7-8H2,1-3H3,(H2,13,15). The first kappa shape index (κ1) is 14.2. The second-order valence-electron chi connectivity index (χ2n) is 4.30. The van der Waals surface area contributed by atoms with Crippen molar-refractivity contribution in [2.75, 3.05) is 27.2 Å². The van der Waals surface area contributed by atoms with E-state index < -0.39 is 0 Å². The van der Waals surface area contributed by atoms with Gasteiger partial charge in [-0.2, -0.15) is 0 Å². The van der Waals surface area contributed by atoms with Gasteiger partial charge in [-0.05, 0) is 39.1 Å². The Kier molecular flexibility index (Phi) is 5.38. The van der Waals surface area contributed by atoms with Crippen LogP contribution in [0.25, 0.3) is 0 Å². The highest BCUT2D eigenvalue weighted by atomic mass is 16.5. The molecule has 1 aromatic heterocycles. The largest absolute Gasteiger partial charge is 0.477 e. The minimum absolute atomic E-state index is 0.0169. The second-order valence-corrected chi connectivity index (χ2v) is 4.30. The van der Waals surface area contributed by atoms with E-state index in [0.29, 0.717) is 18.1 Å². The van der Waals surface area contributed by atoms with Crippen molar-refractivity contribution in [1.29, 1.82) is 0 Å². The van der Waals surface area contributed by atoms with Gasteiger partial charge in [0.05, 0.1) is 12.2 Å². The number of oxime groups is 1. The third kappa shape index (κ3) is 3.89. The summed E-state index contributed by atoms with van der Waals surface area (Å²) in [4.78, 5) is 6.20. The summed E-state index contributed by atoms with van der Waals surface area (Å²) in [6.07, 6.45) is 2.53. The molecular weight excluding hydrogens is 232 g/mol. The molecule has 1 heterocycles. The molecule has 6 nitrogen and oxygen atoms in total. The maximum absolute atomic E-state index is 8.75. The molecule has 0 aliphatic carbocycles. The fourth-order valence-electron chi connectivity index (χ4n) is 1.55. The third-order valence-corrected chi connectivity index (χ3v) is 2.48. The number of aromatic nitrogens is 1. The number of amidine groups is 1. The predicted octanol–water partition coefficient (Wildman–Crippen LogP) is 0.815. The molecule has 1 aromatic rings. The minimum Gasteiger partial charge on any atom is -0.477 e. The maximum atomic E-state index is 8.75. The number of hydrogen-bond acceptors (Lipinski definition) is 5. The maximum Gasteiger partial charge on any atom is 0.224 e. The van der Waals surface area contributed by atoms with Crippen LogP contribution >= 0.6 is 0 Å². The topological polar surface area (TPSA) is 84.0 Å². The molecule has 6 heteroatoms. The fraction of sp³-hybridized carbons (Fsp3) is 0.500. The number of ether oxygens (including phenoxy) is 1. The van der Waals surface area contributed by atoms with Crippen molar-refractivity contribution in [2.45, 2.75) is 13.3 Å². The van der Waals surface area contributed by atoms with Gasteiger partial charge >= 0.3 is 0 Å².